The van der Waals surface area contributed by atoms with E-state index in [1.54, 1.807) is 18.2 Å². The molecule has 4 rings (SSSR count). The van der Waals surface area contributed by atoms with Crippen LogP contribution >= 0.6 is 0 Å². The second-order valence-electron chi connectivity index (χ2n) is 10.6. The Morgan fingerprint density at radius 1 is 0.750 bits per heavy atom. The van der Waals surface area contributed by atoms with Crippen LogP contribution in [0.4, 0.5) is 17.6 Å². The van der Waals surface area contributed by atoms with Crippen LogP contribution in [-0.2, 0) is 11.2 Å². The topological polar surface area (TPSA) is 26.3 Å². The summed E-state index contributed by atoms with van der Waals surface area (Å²) in [5, 5.41) is 0. The number of carbonyl (C=O) groups is 1. The Balaban J connectivity index is 1.36. The van der Waals surface area contributed by atoms with E-state index >= 15 is 0 Å². The first-order valence-corrected chi connectivity index (χ1v) is 13.5. The zero-order valence-corrected chi connectivity index (χ0v) is 21.2. The van der Waals surface area contributed by atoms with Crippen LogP contribution in [0.3, 0.4) is 0 Å². The van der Waals surface area contributed by atoms with Gasteiger partial charge in [0.25, 0.3) is 0 Å². The quantitative estimate of drug-likeness (QED) is 0.214. The molecule has 196 valence electrons. The molecule has 2 aliphatic rings. The van der Waals surface area contributed by atoms with Crippen molar-refractivity contribution in [3.63, 3.8) is 0 Å². The molecule has 2 aliphatic carbocycles. The number of halogens is 4. The molecule has 36 heavy (non-hydrogen) atoms. The van der Waals surface area contributed by atoms with Crippen LogP contribution in [0.1, 0.15) is 107 Å². The Bertz CT molecular complexity index is 1070. The van der Waals surface area contributed by atoms with Gasteiger partial charge < -0.3 is 4.74 Å². The summed E-state index contributed by atoms with van der Waals surface area (Å²) < 4.78 is 64.0. The third-order valence-electron chi connectivity index (χ3n) is 8.36. The smallest absolute Gasteiger partial charge is 0.314 e. The number of rotatable bonds is 7. The van der Waals surface area contributed by atoms with Gasteiger partial charge in [0, 0.05) is 0 Å². The summed E-state index contributed by atoms with van der Waals surface area (Å²) in [6.45, 7) is 4.07. The molecular weight excluding hydrogens is 468 g/mol. The normalized spacial score (nSPS) is 24.5. The van der Waals surface area contributed by atoms with Gasteiger partial charge in [0.1, 0.15) is 0 Å². The average molecular weight is 505 g/mol. The third kappa shape index (κ3) is 5.63. The Kier molecular flexibility index (Phi) is 8.74. The van der Waals surface area contributed by atoms with Crippen molar-refractivity contribution in [2.75, 3.05) is 0 Å². The highest BCUT2D eigenvalue weighted by molar-refractivity contribution is 5.75. The lowest BCUT2D eigenvalue weighted by Gasteiger charge is -2.29. The van der Waals surface area contributed by atoms with Gasteiger partial charge in [0.05, 0.1) is 5.92 Å². The number of aryl methyl sites for hydroxylation is 1. The summed E-state index contributed by atoms with van der Waals surface area (Å²) in [6.07, 6.45) is 7.87. The molecule has 0 aliphatic heterocycles. The van der Waals surface area contributed by atoms with Gasteiger partial charge >= 0.3 is 5.97 Å². The van der Waals surface area contributed by atoms with Gasteiger partial charge in [-0.05, 0) is 98.3 Å². The van der Waals surface area contributed by atoms with Crippen molar-refractivity contribution in [3.8, 4) is 5.75 Å². The summed E-state index contributed by atoms with van der Waals surface area (Å²) >= 11 is 0. The van der Waals surface area contributed by atoms with Crippen LogP contribution in [0.2, 0.25) is 0 Å². The van der Waals surface area contributed by atoms with Crippen LogP contribution in [0.25, 0.3) is 0 Å². The molecule has 2 nitrogen and oxygen atoms in total. The largest absolute Gasteiger partial charge is 0.423 e. The van der Waals surface area contributed by atoms with Gasteiger partial charge in [0.15, 0.2) is 23.2 Å². The number of esters is 1. The molecule has 2 fully saturated rings. The van der Waals surface area contributed by atoms with E-state index in [9.17, 15) is 22.4 Å². The van der Waals surface area contributed by atoms with E-state index in [1.807, 2.05) is 6.92 Å². The van der Waals surface area contributed by atoms with Crippen LogP contribution < -0.4 is 4.74 Å². The zero-order valence-electron chi connectivity index (χ0n) is 21.2. The van der Waals surface area contributed by atoms with E-state index in [0.717, 1.165) is 38.5 Å². The molecule has 2 saturated carbocycles. The number of hydrogen-bond donors (Lipinski definition) is 0. The lowest BCUT2D eigenvalue weighted by atomic mass is 9.77. The molecule has 0 N–H and O–H groups in total. The summed E-state index contributed by atoms with van der Waals surface area (Å²) in [4.78, 5) is 12.7. The minimum atomic E-state index is -1.11. The van der Waals surface area contributed by atoms with E-state index < -0.39 is 35.2 Å². The number of ether oxygens (including phenoxy) is 1. The monoisotopic (exact) mass is 504 g/mol. The van der Waals surface area contributed by atoms with E-state index in [0.29, 0.717) is 54.7 Å². The van der Waals surface area contributed by atoms with Crippen molar-refractivity contribution in [1.82, 2.24) is 0 Å². The Labute approximate surface area is 211 Å². The van der Waals surface area contributed by atoms with E-state index in [4.69, 9.17) is 4.74 Å². The van der Waals surface area contributed by atoms with Gasteiger partial charge in [-0.3, -0.25) is 4.79 Å². The molecule has 0 unspecified atom stereocenters. The maximum absolute atomic E-state index is 14.9. The molecule has 0 radical (unpaired) electrons. The molecule has 0 spiro atoms. The first kappa shape index (κ1) is 26.7. The maximum Gasteiger partial charge on any atom is 0.314 e. The van der Waals surface area contributed by atoms with Gasteiger partial charge in [-0.15, -0.1) is 0 Å². The Morgan fingerprint density at radius 2 is 1.31 bits per heavy atom. The van der Waals surface area contributed by atoms with Crippen molar-refractivity contribution in [2.24, 2.45) is 11.8 Å². The Morgan fingerprint density at radius 3 is 1.89 bits per heavy atom. The van der Waals surface area contributed by atoms with Crippen molar-refractivity contribution in [2.45, 2.75) is 96.3 Å². The van der Waals surface area contributed by atoms with Gasteiger partial charge in [-0.25, -0.2) is 13.2 Å². The number of hydrogen-bond acceptors (Lipinski definition) is 2. The van der Waals surface area contributed by atoms with E-state index in [-0.39, 0.29) is 17.6 Å². The summed E-state index contributed by atoms with van der Waals surface area (Å²) in [6, 6.07) is 6.21. The highest BCUT2D eigenvalue weighted by Gasteiger charge is 2.32. The minimum Gasteiger partial charge on any atom is -0.423 e. The molecule has 0 atom stereocenters. The van der Waals surface area contributed by atoms with Crippen LogP contribution in [0.5, 0.6) is 5.75 Å². The van der Waals surface area contributed by atoms with Gasteiger partial charge in [-0.1, -0.05) is 44.9 Å². The lowest BCUT2D eigenvalue weighted by Crippen LogP contribution is -2.26. The third-order valence-corrected chi connectivity index (χ3v) is 8.36. The van der Waals surface area contributed by atoms with Crippen molar-refractivity contribution >= 4 is 5.97 Å². The first-order chi connectivity index (χ1) is 17.3. The maximum atomic E-state index is 14.9. The predicted octanol–water partition coefficient (Wildman–Crippen LogP) is 8.76. The SMILES string of the molecule is CCCc1ccc(C2CCC(C(=O)Oc3ccc(C4CCC(CC)CC4)c(F)c3F)CC2)c(F)c1F. The summed E-state index contributed by atoms with van der Waals surface area (Å²) in [5.74, 6) is -4.63. The lowest BCUT2D eigenvalue weighted by molar-refractivity contribution is -0.140. The second kappa shape index (κ2) is 11.8. The molecular formula is C30H36F4O2. The molecule has 0 saturated heterocycles. The first-order valence-electron chi connectivity index (χ1n) is 13.5. The fourth-order valence-corrected chi connectivity index (χ4v) is 6.04. The van der Waals surface area contributed by atoms with Crippen LogP contribution in [0, 0.1) is 35.1 Å². The summed E-state index contributed by atoms with van der Waals surface area (Å²) in [7, 11) is 0. The molecule has 0 heterocycles. The molecule has 6 heteroatoms. The van der Waals surface area contributed by atoms with Crippen molar-refractivity contribution in [3.05, 3.63) is 64.2 Å². The average Bonchev–Trinajstić information content (AvgIpc) is 2.90. The standard InChI is InChI=1S/C30H36F4O2/c1-3-5-21-14-15-23(27(32)26(21)31)20-10-12-22(13-11-20)30(35)36-25-17-16-24(28(33)29(25)34)19-8-6-18(4-2)7-9-19/h14-20,22H,3-13H2,1-2H3. The van der Waals surface area contributed by atoms with E-state index in [1.165, 1.54) is 6.07 Å². The van der Waals surface area contributed by atoms with Crippen molar-refractivity contribution < 1.29 is 27.1 Å². The molecule has 0 amide bonds. The van der Waals surface area contributed by atoms with Gasteiger partial charge in [0.2, 0.25) is 5.82 Å². The second-order valence-corrected chi connectivity index (χ2v) is 10.6. The molecule has 0 bridgehead atoms. The van der Waals surface area contributed by atoms with Crippen molar-refractivity contribution in [1.29, 1.82) is 0 Å². The van der Waals surface area contributed by atoms with Crippen LogP contribution in [0.15, 0.2) is 24.3 Å². The highest BCUT2D eigenvalue weighted by atomic mass is 19.2. The zero-order chi connectivity index (χ0) is 25.8. The highest BCUT2D eigenvalue weighted by Crippen LogP contribution is 2.41. The fraction of sp³-hybridized carbons (Fsp3) is 0.567. The summed E-state index contributed by atoms with van der Waals surface area (Å²) in [5.41, 5.74) is 1.09. The molecule has 0 aromatic heterocycles. The Hall–Kier alpha value is -2.37. The van der Waals surface area contributed by atoms with Gasteiger partial charge in [-0.2, -0.15) is 4.39 Å². The number of benzene rings is 2. The minimum absolute atomic E-state index is 0.0106. The van der Waals surface area contributed by atoms with Crippen LogP contribution in [-0.4, -0.2) is 5.97 Å². The fourth-order valence-electron chi connectivity index (χ4n) is 6.04. The predicted molar refractivity (Wildman–Crippen MR) is 132 cm³/mol. The number of carbonyl (C=O) groups excluding carboxylic acids is 1. The molecule has 2 aromatic carbocycles. The van der Waals surface area contributed by atoms with E-state index in [2.05, 4.69) is 6.92 Å². The molecule has 2 aromatic rings.